The molecule has 204 valence electrons. The Hall–Kier alpha value is -5.91. The number of H-pyrrole nitrogens is 1. The molecule has 1 amide bonds. The van der Waals surface area contributed by atoms with Gasteiger partial charge in [0.1, 0.15) is 22.4 Å². The molecule has 5 aromatic heterocycles. The first-order valence-corrected chi connectivity index (χ1v) is 13.5. The normalized spacial score (nSPS) is 14.4. The second-order valence-corrected chi connectivity index (χ2v) is 10.1. The Labute approximate surface area is 238 Å². The average molecular weight is 554 g/mol. The van der Waals surface area contributed by atoms with Gasteiger partial charge in [0.25, 0.3) is 5.91 Å². The maximum atomic E-state index is 13.1. The van der Waals surface area contributed by atoms with E-state index in [0.717, 1.165) is 40.7 Å². The molecule has 7 aromatic rings. The van der Waals surface area contributed by atoms with E-state index < -0.39 is 0 Å². The van der Waals surface area contributed by atoms with Gasteiger partial charge in [-0.3, -0.25) is 9.36 Å². The number of rotatable bonds is 5. The van der Waals surface area contributed by atoms with E-state index in [1.165, 1.54) is 0 Å². The highest BCUT2D eigenvalue weighted by Gasteiger charge is 2.26. The number of hydrogen-bond donors (Lipinski definition) is 3. The van der Waals surface area contributed by atoms with Gasteiger partial charge in [0, 0.05) is 29.8 Å². The van der Waals surface area contributed by atoms with Crippen molar-refractivity contribution in [2.24, 2.45) is 0 Å². The number of hydrogen-bond acceptors (Lipinski definition) is 8. The van der Waals surface area contributed by atoms with Crippen molar-refractivity contribution >= 4 is 33.9 Å². The summed E-state index contributed by atoms with van der Waals surface area (Å²) in [5.74, 6) is 1.56. The second-order valence-electron chi connectivity index (χ2n) is 10.1. The topological polar surface area (TPSA) is 158 Å². The Balaban J connectivity index is 1.19. The Bertz CT molecular complexity index is 2130. The Morgan fingerprint density at radius 1 is 0.952 bits per heavy atom. The first kappa shape index (κ1) is 23.9. The smallest absolute Gasteiger partial charge is 0.251 e. The molecular formula is C30H23N11O. The molecule has 0 fully saturated rings. The van der Waals surface area contributed by atoms with Crippen LogP contribution in [0.1, 0.15) is 33.9 Å². The molecule has 0 radical (unpaired) electrons. The van der Waals surface area contributed by atoms with Gasteiger partial charge < -0.3 is 11.1 Å². The van der Waals surface area contributed by atoms with Crippen LogP contribution in [0.5, 0.6) is 0 Å². The molecular weight excluding hydrogens is 530 g/mol. The highest BCUT2D eigenvalue weighted by Crippen LogP contribution is 2.36. The van der Waals surface area contributed by atoms with Gasteiger partial charge in [-0.25, -0.2) is 19.6 Å². The summed E-state index contributed by atoms with van der Waals surface area (Å²) in [5.41, 5.74) is 13.5. The third-order valence-corrected chi connectivity index (χ3v) is 7.65. The van der Waals surface area contributed by atoms with Gasteiger partial charge in [-0.15, -0.1) is 0 Å². The molecule has 0 aliphatic heterocycles. The van der Waals surface area contributed by atoms with Crippen LogP contribution in [0.4, 0.5) is 5.82 Å². The van der Waals surface area contributed by atoms with Crippen molar-refractivity contribution in [3.8, 4) is 22.9 Å². The number of nitrogens with one attached hydrogen (secondary N) is 2. The van der Waals surface area contributed by atoms with Crippen molar-refractivity contribution in [1.29, 1.82) is 0 Å². The van der Waals surface area contributed by atoms with Crippen molar-refractivity contribution < 1.29 is 4.79 Å². The zero-order valence-electron chi connectivity index (χ0n) is 22.1. The van der Waals surface area contributed by atoms with Crippen LogP contribution in [0.3, 0.4) is 0 Å². The molecule has 1 aliphatic rings. The number of aryl methyl sites for hydroxylation is 1. The Kier molecular flexibility index (Phi) is 5.32. The van der Waals surface area contributed by atoms with E-state index >= 15 is 0 Å². The van der Waals surface area contributed by atoms with E-state index in [9.17, 15) is 4.79 Å². The van der Waals surface area contributed by atoms with Gasteiger partial charge in [-0.05, 0) is 84.6 Å². The lowest BCUT2D eigenvalue weighted by molar-refractivity contribution is 0.0937. The number of nitrogens with two attached hydrogens (primary N) is 1. The summed E-state index contributed by atoms with van der Waals surface area (Å²) in [6.45, 7) is 0. The number of carbonyl (C=O) groups excluding carboxylic acids is 1. The molecule has 0 bridgehead atoms. The fourth-order valence-corrected chi connectivity index (χ4v) is 5.63. The van der Waals surface area contributed by atoms with Gasteiger partial charge in [-0.2, -0.15) is 20.5 Å². The summed E-state index contributed by atoms with van der Waals surface area (Å²) in [4.78, 5) is 27.3. The molecule has 0 spiro atoms. The molecule has 42 heavy (non-hydrogen) atoms. The molecule has 1 aliphatic carbocycles. The molecule has 0 saturated carbocycles. The Morgan fingerprint density at radius 3 is 2.74 bits per heavy atom. The zero-order chi connectivity index (χ0) is 28.2. The number of nitrogen functional groups attached to an aromatic ring is 1. The van der Waals surface area contributed by atoms with Crippen molar-refractivity contribution in [3.63, 3.8) is 0 Å². The van der Waals surface area contributed by atoms with Crippen LogP contribution in [-0.2, 0) is 6.42 Å². The van der Waals surface area contributed by atoms with Gasteiger partial charge in [0.2, 0.25) is 0 Å². The molecule has 0 unspecified atom stereocenters. The van der Waals surface area contributed by atoms with Crippen LogP contribution < -0.4 is 11.1 Å². The summed E-state index contributed by atoms with van der Waals surface area (Å²) in [5, 5.41) is 18.3. The molecule has 0 saturated heterocycles. The quantitative estimate of drug-likeness (QED) is 0.289. The van der Waals surface area contributed by atoms with Crippen molar-refractivity contribution in [2.45, 2.75) is 18.9 Å². The maximum Gasteiger partial charge on any atom is 0.251 e. The van der Waals surface area contributed by atoms with Crippen LogP contribution >= 0.6 is 0 Å². The first-order chi connectivity index (χ1) is 20.6. The van der Waals surface area contributed by atoms with Gasteiger partial charge in [-0.1, -0.05) is 6.07 Å². The molecule has 12 heteroatoms. The monoisotopic (exact) mass is 553 g/mol. The summed E-state index contributed by atoms with van der Waals surface area (Å²) in [7, 11) is 0. The van der Waals surface area contributed by atoms with Crippen LogP contribution in [0.25, 0.3) is 45.1 Å². The summed E-state index contributed by atoms with van der Waals surface area (Å²) >= 11 is 0. The summed E-state index contributed by atoms with van der Waals surface area (Å²) in [6.07, 6.45) is 6.84. The average Bonchev–Trinajstić information content (AvgIpc) is 3.83. The fourth-order valence-electron chi connectivity index (χ4n) is 5.63. The third-order valence-electron chi connectivity index (χ3n) is 7.65. The lowest BCUT2D eigenvalue weighted by atomic mass is 10.1. The van der Waals surface area contributed by atoms with E-state index in [0.29, 0.717) is 39.8 Å². The van der Waals surface area contributed by atoms with Gasteiger partial charge in [0.15, 0.2) is 17.3 Å². The largest absolute Gasteiger partial charge is 0.383 e. The highest BCUT2D eigenvalue weighted by molar-refractivity contribution is 5.97. The number of aromatic amines is 1. The zero-order valence-corrected chi connectivity index (χ0v) is 22.1. The van der Waals surface area contributed by atoms with Gasteiger partial charge in [0.05, 0.1) is 11.6 Å². The van der Waals surface area contributed by atoms with Crippen LogP contribution in [-0.4, -0.2) is 50.6 Å². The first-order valence-electron chi connectivity index (χ1n) is 13.5. The number of aromatic nitrogens is 9. The lowest BCUT2D eigenvalue weighted by Gasteiger charge is -2.16. The van der Waals surface area contributed by atoms with Crippen molar-refractivity contribution in [2.75, 3.05) is 5.73 Å². The van der Waals surface area contributed by atoms with E-state index in [4.69, 9.17) is 15.7 Å². The number of benzene rings is 2. The van der Waals surface area contributed by atoms with E-state index in [1.807, 2.05) is 47.2 Å². The van der Waals surface area contributed by atoms with E-state index in [1.54, 1.807) is 35.3 Å². The second kappa shape index (κ2) is 9.34. The standard InChI is InChI=1S/C30H23N11O/c31-27-21(3-1-12-32-27)28-34-24-10-11-26(40-14-2-13-33-40)36-29(24)41(28)19-6-7-20-17(15-19)4-8-22(20)35-30(42)18-5-9-23-25(16-18)38-39-37-23/h1-3,5-7,9-16,22H,4,8H2,(H2,31,32)(H,35,42)(H,37,38,39)/t22-/m0/s1. The molecule has 4 N–H and O–H groups in total. The number of nitrogens with zero attached hydrogens (tertiary/aromatic N) is 8. The summed E-state index contributed by atoms with van der Waals surface area (Å²) in [6, 6.07) is 20.9. The highest BCUT2D eigenvalue weighted by atomic mass is 16.1. The predicted octanol–water partition coefficient (Wildman–Crippen LogP) is 3.94. The van der Waals surface area contributed by atoms with Crippen molar-refractivity contribution in [1.82, 2.24) is 50.0 Å². The number of amides is 1. The number of carbonyl (C=O) groups is 1. The van der Waals surface area contributed by atoms with Crippen LogP contribution in [0, 0.1) is 0 Å². The Morgan fingerprint density at radius 2 is 1.86 bits per heavy atom. The maximum absolute atomic E-state index is 13.1. The number of anilines is 1. The van der Waals surface area contributed by atoms with E-state index in [-0.39, 0.29) is 11.9 Å². The third kappa shape index (κ3) is 3.88. The van der Waals surface area contributed by atoms with Crippen LogP contribution in [0.2, 0.25) is 0 Å². The number of imidazole rings is 1. The van der Waals surface area contributed by atoms with Gasteiger partial charge >= 0.3 is 0 Å². The fraction of sp³-hybridized carbons (Fsp3) is 0.100. The molecule has 2 aromatic carbocycles. The minimum atomic E-state index is -0.146. The predicted molar refractivity (Wildman–Crippen MR) is 156 cm³/mol. The minimum absolute atomic E-state index is 0.105. The molecule has 8 rings (SSSR count). The summed E-state index contributed by atoms with van der Waals surface area (Å²) < 4.78 is 3.72. The number of fused-ring (bicyclic) bond motifs is 3. The SMILES string of the molecule is Nc1ncccc1-c1nc2ccc(-n3cccn3)nc2n1-c1ccc2c(c1)CC[C@@H]2NC(=O)c1ccc2n[nH]nc2c1. The minimum Gasteiger partial charge on any atom is -0.383 e. The number of pyridine rings is 2. The lowest BCUT2D eigenvalue weighted by Crippen LogP contribution is -2.27. The van der Waals surface area contributed by atoms with Crippen molar-refractivity contribution in [3.05, 3.63) is 102 Å². The molecule has 12 nitrogen and oxygen atoms in total. The molecule has 1 atom stereocenters. The van der Waals surface area contributed by atoms with E-state index in [2.05, 4.69) is 42.9 Å². The molecule has 5 heterocycles. The van der Waals surface area contributed by atoms with Crippen LogP contribution in [0.15, 0.2) is 85.3 Å².